The van der Waals surface area contributed by atoms with E-state index in [1.807, 2.05) is 0 Å². The van der Waals surface area contributed by atoms with Crippen molar-refractivity contribution >= 4 is 17.7 Å². The summed E-state index contributed by atoms with van der Waals surface area (Å²) >= 11 is 1.23. The highest BCUT2D eigenvalue weighted by molar-refractivity contribution is 7.99. The number of rotatable bonds is 3. The third kappa shape index (κ3) is 2.29. The van der Waals surface area contributed by atoms with E-state index in [0.717, 1.165) is 0 Å². The second-order valence-corrected chi connectivity index (χ2v) is 5.95. The fourth-order valence-electron chi connectivity index (χ4n) is 1.86. The summed E-state index contributed by atoms with van der Waals surface area (Å²) in [6.45, 7) is 4.44. The van der Waals surface area contributed by atoms with E-state index in [0.29, 0.717) is 12.2 Å². The van der Waals surface area contributed by atoms with Crippen LogP contribution in [0.2, 0.25) is 0 Å². The number of thioether (sulfide) groups is 1. The predicted octanol–water partition coefficient (Wildman–Crippen LogP) is 2.08. The van der Waals surface area contributed by atoms with Gasteiger partial charge in [-0.3, -0.25) is 0 Å². The summed E-state index contributed by atoms with van der Waals surface area (Å²) in [6, 6.07) is 0. The van der Waals surface area contributed by atoms with Crippen molar-refractivity contribution in [3.05, 3.63) is 0 Å². The molecule has 1 unspecified atom stereocenters. The molecule has 1 fully saturated rings. The summed E-state index contributed by atoms with van der Waals surface area (Å²) < 4.78 is 32.4. The summed E-state index contributed by atoms with van der Waals surface area (Å²) in [4.78, 5) is 11.3. The van der Waals surface area contributed by atoms with Gasteiger partial charge in [-0.1, -0.05) is 13.8 Å². The lowest BCUT2D eigenvalue weighted by atomic mass is 9.70. The molecule has 3 nitrogen and oxygen atoms in total. The number of hydrogen-bond donors (Lipinski definition) is 1. The standard InChI is InChI=1S/C11H18F2O3S/c1-4-16-8(14)11(12,13)10(15)7-17-6-5-9(10,2)3/h15H,4-7H2,1-3H3. The lowest BCUT2D eigenvalue weighted by Crippen LogP contribution is -2.65. The van der Waals surface area contributed by atoms with Crippen LogP contribution in [-0.2, 0) is 9.53 Å². The molecule has 0 aliphatic carbocycles. The van der Waals surface area contributed by atoms with E-state index < -0.39 is 22.9 Å². The van der Waals surface area contributed by atoms with Crippen molar-refractivity contribution < 1.29 is 23.4 Å². The molecular formula is C11H18F2O3S. The van der Waals surface area contributed by atoms with Crippen LogP contribution < -0.4 is 0 Å². The number of alkyl halides is 2. The fourth-order valence-corrected chi connectivity index (χ4v) is 3.52. The monoisotopic (exact) mass is 268 g/mol. The van der Waals surface area contributed by atoms with Gasteiger partial charge in [-0.2, -0.15) is 20.5 Å². The lowest BCUT2D eigenvalue weighted by Gasteiger charge is -2.48. The quantitative estimate of drug-likeness (QED) is 0.796. The first-order valence-corrected chi connectivity index (χ1v) is 6.69. The molecule has 1 N–H and O–H groups in total. The largest absolute Gasteiger partial charge is 0.461 e. The first kappa shape index (κ1) is 14.7. The smallest absolute Gasteiger partial charge is 0.380 e. The van der Waals surface area contributed by atoms with Crippen LogP contribution in [0.4, 0.5) is 8.78 Å². The van der Waals surface area contributed by atoms with Gasteiger partial charge in [0.1, 0.15) is 0 Å². The summed E-state index contributed by atoms with van der Waals surface area (Å²) in [5.74, 6) is -4.97. The Kier molecular flexibility index (Phi) is 4.08. The molecule has 1 atom stereocenters. The predicted molar refractivity (Wildman–Crippen MR) is 62.3 cm³/mol. The number of halogens is 2. The van der Waals surface area contributed by atoms with Crippen LogP contribution in [0.5, 0.6) is 0 Å². The number of carbonyl (C=O) groups excluding carboxylic acids is 1. The molecule has 17 heavy (non-hydrogen) atoms. The van der Waals surface area contributed by atoms with Crippen molar-refractivity contribution in [3.63, 3.8) is 0 Å². The van der Waals surface area contributed by atoms with Crippen LogP contribution in [-0.4, -0.2) is 40.7 Å². The van der Waals surface area contributed by atoms with Crippen molar-refractivity contribution in [1.82, 2.24) is 0 Å². The van der Waals surface area contributed by atoms with Crippen LogP contribution in [0.15, 0.2) is 0 Å². The van der Waals surface area contributed by atoms with Gasteiger partial charge in [0.2, 0.25) is 0 Å². The zero-order valence-electron chi connectivity index (χ0n) is 10.3. The van der Waals surface area contributed by atoms with Crippen molar-refractivity contribution in [2.75, 3.05) is 18.1 Å². The third-order valence-corrected chi connectivity index (χ3v) is 4.47. The Morgan fingerprint density at radius 3 is 2.59 bits per heavy atom. The molecule has 1 heterocycles. The van der Waals surface area contributed by atoms with E-state index in [4.69, 9.17) is 0 Å². The van der Waals surface area contributed by atoms with Crippen molar-refractivity contribution in [1.29, 1.82) is 0 Å². The molecule has 100 valence electrons. The first-order valence-electron chi connectivity index (χ1n) is 5.54. The van der Waals surface area contributed by atoms with E-state index in [-0.39, 0.29) is 12.4 Å². The van der Waals surface area contributed by atoms with E-state index in [9.17, 15) is 18.7 Å². The first-order chi connectivity index (χ1) is 7.69. The molecule has 0 aromatic carbocycles. The second-order valence-electron chi connectivity index (χ2n) is 4.84. The van der Waals surface area contributed by atoms with Crippen LogP contribution in [0, 0.1) is 5.41 Å². The molecule has 0 amide bonds. The van der Waals surface area contributed by atoms with Crippen LogP contribution >= 0.6 is 11.8 Å². The summed E-state index contributed by atoms with van der Waals surface area (Å²) in [5.41, 5.74) is -3.37. The Hall–Kier alpha value is -0.360. The SMILES string of the molecule is CCOC(=O)C(F)(F)C1(O)CSCCC1(C)C. The molecule has 6 heteroatoms. The second kappa shape index (κ2) is 4.72. The number of ether oxygens (including phenoxy) is 1. The maximum atomic E-state index is 14.0. The molecule has 1 aliphatic rings. The molecule has 0 bridgehead atoms. The molecule has 0 radical (unpaired) electrons. The molecule has 1 aliphatic heterocycles. The zero-order chi connectivity index (χ0) is 13.3. The minimum atomic E-state index is -3.88. The number of aliphatic hydroxyl groups is 1. The van der Waals surface area contributed by atoms with Crippen molar-refractivity contribution in [3.8, 4) is 0 Å². The highest BCUT2D eigenvalue weighted by Crippen LogP contribution is 2.50. The minimum absolute atomic E-state index is 0.127. The topological polar surface area (TPSA) is 46.5 Å². The maximum absolute atomic E-state index is 14.0. The van der Waals surface area contributed by atoms with Gasteiger partial charge in [-0.05, 0) is 19.1 Å². The Morgan fingerprint density at radius 2 is 2.12 bits per heavy atom. The zero-order valence-corrected chi connectivity index (χ0v) is 11.1. The summed E-state index contributed by atoms with van der Waals surface area (Å²) in [6.07, 6.45) is 0.434. The van der Waals surface area contributed by atoms with E-state index in [2.05, 4.69) is 4.74 Å². The molecular weight excluding hydrogens is 250 g/mol. The number of hydrogen-bond acceptors (Lipinski definition) is 4. The molecule has 0 saturated carbocycles. The average Bonchev–Trinajstić information content (AvgIpc) is 2.22. The normalized spacial score (nSPS) is 28.8. The average molecular weight is 268 g/mol. The molecule has 0 spiro atoms. The van der Waals surface area contributed by atoms with E-state index >= 15 is 0 Å². The third-order valence-electron chi connectivity index (χ3n) is 3.35. The number of carbonyl (C=O) groups is 1. The molecule has 0 aromatic heterocycles. The van der Waals surface area contributed by atoms with Gasteiger partial charge < -0.3 is 9.84 Å². The molecule has 1 saturated heterocycles. The van der Waals surface area contributed by atoms with Gasteiger partial charge in [0.15, 0.2) is 5.60 Å². The highest BCUT2D eigenvalue weighted by atomic mass is 32.2. The Balaban J connectivity index is 3.05. The number of esters is 1. The Bertz CT molecular complexity index is 307. The molecule has 1 rings (SSSR count). The lowest BCUT2D eigenvalue weighted by molar-refractivity contribution is -0.235. The van der Waals surface area contributed by atoms with Crippen molar-refractivity contribution in [2.24, 2.45) is 5.41 Å². The highest BCUT2D eigenvalue weighted by Gasteiger charge is 2.66. The Labute approximate surface area is 104 Å². The fraction of sp³-hybridized carbons (Fsp3) is 0.909. The van der Waals surface area contributed by atoms with E-state index in [1.54, 1.807) is 13.8 Å². The summed E-state index contributed by atoms with van der Waals surface area (Å²) in [7, 11) is 0. The van der Waals surface area contributed by atoms with Gasteiger partial charge in [-0.15, -0.1) is 0 Å². The van der Waals surface area contributed by atoms with Crippen molar-refractivity contribution in [2.45, 2.75) is 38.7 Å². The van der Waals surface area contributed by atoms with Gasteiger partial charge in [0.05, 0.1) is 6.61 Å². The Morgan fingerprint density at radius 1 is 1.53 bits per heavy atom. The molecule has 0 aromatic rings. The van der Waals surface area contributed by atoms with Crippen LogP contribution in [0.25, 0.3) is 0 Å². The summed E-state index contributed by atoms with van der Waals surface area (Å²) in [5, 5.41) is 10.3. The minimum Gasteiger partial charge on any atom is -0.461 e. The maximum Gasteiger partial charge on any atom is 0.380 e. The van der Waals surface area contributed by atoms with Gasteiger partial charge in [0, 0.05) is 11.2 Å². The van der Waals surface area contributed by atoms with Gasteiger partial charge >= 0.3 is 11.9 Å². The van der Waals surface area contributed by atoms with Gasteiger partial charge in [0.25, 0.3) is 0 Å². The van der Waals surface area contributed by atoms with E-state index in [1.165, 1.54) is 18.7 Å². The van der Waals surface area contributed by atoms with Crippen LogP contribution in [0.3, 0.4) is 0 Å². The van der Waals surface area contributed by atoms with Gasteiger partial charge in [-0.25, -0.2) is 4.79 Å². The van der Waals surface area contributed by atoms with Crippen LogP contribution in [0.1, 0.15) is 27.2 Å².